The number of benzene rings is 1. The van der Waals surface area contributed by atoms with Gasteiger partial charge in [0.2, 0.25) is 0 Å². The van der Waals surface area contributed by atoms with Crippen LogP contribution in [0.25, 0.3) is 0 Å². The highest BCUT2D eigenvalue weighted by Crippen LogP contribution is 2.43. The number of aromatic hydroxyl groups is 1. The number of carbonyl (C=O) groups is 1. The molecule has 0 spiro atoms. The molecule has 0 radical (unpaired) electrons. The second-order valence-electron chi connectivity index (χ2n) is 8.76. The molecule has 2 heteroatoms. The zero-order chi connectivity index (χ0) is 19.1. The van der Waals surface area contributed by atoms with Crippen LogP contribution in [0.5, 0.6) is 5.75 Å². The Hall–Kier alpha value is -1.31. The third kappa shape index (κ3) is 5.87. The van der Waals surface area contributed by atoms with Crippen molar-refractivity contribution in [3.63, 3.8) is 0 Å². The summed E-state index contributed by atoms with van der Waals surface area (Å²) in [6.07, 6.45) is 10.0. The van der Waals surface area contributed by atoms with Crippen LogP contribution in [0.2, 0.25) is 0 Å². The van der Waals surface area contributed by atoms with E-state index < -0.39 is 0 Å². The number of carbonyl (C=O) groups excluding carboxylic acids is 1. The van der Waals surface area contributed by atoms with Crippen LogP contribution >= 0.6 is 0 Å². The Bertz CT molecular complexity index is 512. The van der Waals surface area contributed by atoms with Crippen LogP contribution < -0.4 is 0 Å². The number of phenolic OH excluding ortho intramolecular Hbond substituents is 1. The van der Waals surface area contributed by atoms with Crippen molar-refractivity contribution in [3.8, 4) is 5.75 Å². The van der Waals surface area contributed by atoms with Gasteiger partial charge < -0.3 is 5.11 Å². The van der Waals surface area contributed by atoms with Crippen molar-refractivity contribution in [2.75, 3.05) is 0 Å². The van der Waals surface area contributed by atoms with Crippen LogP contribution in [0, 0.1) is 0 Å². The van der Waals surface area contributed by atoms with Gasteiger partial charge in [0.15, 0.2) is 0 Å². The first-order valence-corrected chi connectivity index (χ1v) is 10.0. The van der Waals surface area contributed by atoms with Crippen LogP contribution in [0.1, 0.15) is 114 Å². The predicted molar refractivity (Wildman–Crippen MR) is 108 cm³/mol. The van der Waals surface area contributed by atoms with E-state index in [0.29, 0.717) is 11.3 Å². The number of hydrogen-bond donors (Lipinski definition) is 1. The Balaban J connectivity index is 3.25. The maximum Gasteiger partial charge on any atom is 0.150 e. The fourth-order valence-electron chi connectivity index (χ4n) is 3.66. The Labute approximate surface area is 155 Å². The minimum atomic E-state index is -0.132. The van der Waals surface area contributed by atoms with Gasteiger partial charge in [0, 0.05) is 16.7 Å². The Morgan fingerprint density at radius 3 is 1.56 bits per heavy atom. The summed E-state index contributed by atoms with van der Waals surface area (Å²) in [5, 5.41) is 11.1. The Morgan fingerprint density at radius 1 is 0.840 bits per heavy atom. The number of hydrogen-bond acceptors (Lipinski definition) is 2. The highest BCUT2D eigenvalue weighted by molar-refractivity contribution is 5.77. The normalized spacial score (nSPS) is 12.4. The first-order chi connectivity index (χ1) is 11.7. The molecule has 0 saturated carbocycles. The number of aldehydes is 1. The summed E-state index contributed by atoms with van der Waals surface area (Å²) < 4.78 is 0. The summed E-state index contributed by atoms with van der Waals surface area (Å²) in [7, 11) is 0. The molecule has 1 rings (SSSR count). The van der Waals surface area contributed by atoms with E-state index in [1.807, 2.05) is 12.1 Å². The predicted octanol–water partition coefficient (Wildman–Crippen LogP) is 6.92. The van der Waals surface area contributed by atoms with Gasteiger partial charge >= 0.3 is 0 Å². The van der Waals surface area contributed by atoms with Gasteiger partial charge in [-0.05, 0) is 35.8 Å². The lowest BCUT2D eigenvalue weighted by Gasteiger charge is -2.32. The van der Waals surface area contributed by atoms with Crippen molar-refractivity contribution >= 4 is 6.29 Å². The monoisotopic (exact) mass is 346 g/mol. The molecule has 1 aromatic carbocycles. The van der Waals surface area contributed by atoms with Crippen LogP contribution in [-0.2, 0) is 10.8 Å². The highest BCUT2D eigenvalue weighted by Gasteiger charge is 2.30. The van der Waals surface area contributed by atoms with Gasteiger partial charge in [0.25, 0.3) is 0 Å². The third-order valence-electron chi connectivity index (χ3n) is 5.54. The van der Waals surface area contributed by atoms with Crippen LogP contribution in [-0.4, -0.2) is 11.4 Å². The molecular weight excluding hydrogens is 308 g/mol. The molecule has 0 unspecified atom stereocenters. The van der Waals surface area contributed by atoms with E-state index in [9.17, 15) is 9.90 Å². The average Bonchev–Trinajstić information content (AvgIpc) is 2.55. The summed E-state index contributed by atoms with van der Waals surface area (Å²) in [4.78, 5) is 11.5. The van der Waals surface area contributed by atoms with Gasteiger partial charge in [-0.2, -0.15) is 0 Å². The molecule has 0 heterocycles. The van der Waals surface area contributed by atoms with Gasteiger partial charge in [-0.15, -0.1) is 0 Å². The maximum absolute atomic E-state index is 11.5. The van der Waals surface area contributed by atoms with E-state index in [4.69, 9.17) is 0 Å². The van der Waals surface area contributed by atoms with Crippen molar-refractivity contribution < 1.29 is 9.90 Å². The van der Waals surface area contributed by atoms with Gasteiger partial charge in [-0.1, -0.05) is 80.1 Å². The number of phenols is 1. The Kier molecular flexibility index (Phi) is 8.18. The van der Waals surface area contributed by atoms with E-state index in [2.05, 4.69) is 41.5 Å². The molecule has 142 valence electrons. The summed E-state index contributed by atoms with van der Waals surface area (Å²) in [6.45, 7) is 13.1. The first-order valence-electron chi connectivity index (χ1n) is 10.0. The van der Waals surface area contributed by atoms with Crippen LogP contribution in [0.15, 0.2) is 12.1 Å². The molecular formula is C23H38O2. The minimum absolute atomic E-state index is 0.132. The van der Waals surface area contributed by atoms with Gasteiger partial charge in [-0.3, -0.25) is 4.79 Å². The molecule has 0 aliphatic heterocycles. The lowest BCUT2D eigenvalue weighted by atomic mass is 9.73. The Morgan fingerprint density at radius 2 is 1.24 bits per heavy atom. The molecule has 1 aromatic rings. The van der Waals surface area contributed by atoms with E-state index in [1.165, 1.54) is 25.7 Å². The van der Waals surface area contributed by atoms with E-state index in [-0.39, 0.29) is 10.8 Å². The molecule has 0 aliphatic carbocycles. The molecule has 0 aromatic heterocycles. The van der Waals surface area contributed by atoms with Crippen LogP contribution in [0.4, 0.5) is 0 Å². The summed E-state index contributed by atoms with van der Waals surface area (Å²) in [5.74, 6) is 0.397. The second kappa shape index (κ2) is 9.40. The molecule has 2 nitrogen and oxygen atoms in total. The van der Waals surface area contributed by atoms with Crippen molar-refractivity contribution in [1.82, 2.24) is 0 Å². The van der Waals surface area contributed by atoms with Crippen molar-refractivity contribution in [1.29, 1.82) is 0 Å². The fourth-order valence-corrected chi connectivity index (χ4v) is 3.66. The molecule has 1 N–H and O–H groups in total. The molecule has 0 aliphatic rings. The lowest BCUT2D eigenvalue weighted by Crippen LogP contribution is -2.22. The second-order valence-corrected chi connectivity index (χ2v) is 8.76. The molecule has 25 heavy (non-hydrogen) atoms. The zero-order valence-corrected chi connectivity index (χ0v) is 17.2. The number of rotatable bonds is 11. The average molecular weight is 347 g/mol. The van der Waals surface area contributed by atoms with Crippen molar-refractivity contribution in [3.05, 3.63) is 28.8 Å². The molecule has 0 fully saturated rings. The van der Waals surface area contributed by atoms with Gasteiger partial charge in [0.1, 0.15) is 12.0 Å². The van der Waals surface area contributed by atoms with Gasteiger partial charge in [-0.25, -0.2) is 0 Å². The largest absolute Gasteiger partial charge is 0.507 e. The molecule has 0 bridgehead atoms. The first kappa shape index (κ1) is 21.7. The fraction of sp³-hybridized carbons (Fsp3) is 0.696. The maximum atomic E-state index is 11.5. The van der Waals surface area contributed by atoms with Crippen molar-refractivity contribution in [2.45, 2.75) is 104 Å². The smallest absolute Gasteiger partial charge is 0.150 e. The lowest BCUT2D eigenvalue weighted by molar-refractivity contribution is 0.112. The van der Waals surface area contributed by atoms with Crippen molar-refractivity contribution in [2.24, 2.45) is 0 Å². The molecule has 0 atom stereocenters. The summed E-state index contributed by atoms with van der Waals surface area (Å²) in [6, 6.07) is 3.78. The minimum Gasteiger partial charge on any atom is -0.507 e. The summed E-state index contributed by atoms with van der Waals surface area (Å²) in [5.41, 5.74) is 2.26. The van der Waals surface area contributed by atoms with E-state index in [1.54, 1.807) is 0 Å². The standard InChI is InChI=1S/C23H38O2/c1-7-9-11-13-22(3,4)19-15-18(17-24)16-20(21(19)25)23(5,6)14-12-10-8-2/h15-17,25H,7-14H2,1-6H3. The van der Waals surface area contributed by atoms with E-state index >= 15 is 0 Å². The summed E-state index contributed by atoms with van der Waals surface area (Å²) >= 11 is 0. The van der Waals surface area contributed by atoms with Gasteiger partial charge in [0.05, 0.1) is 0 Å². The molecule has 0 saturated heterocycles. The van der Waals surface area contributed by atoms with Crippen LogP contribution in [0.3, 0.4) is 0 Å². The number of unbranched alkanes of at least 4 members (excludes halogenated alkanes) is 4. The third-order valence-corrected chi connectivity index (χ3v) is 5.54. The van der Waals surface area contributed by atoms with E-state index in [0.717, 1.165) is 43.1 Å². The topological polar surface area (TPSA) is 37.3 Å². The zero-order valence-electron chi connectivity index (χ0n) is 17.2. The quantitative estimate of drug-likeness (QED) is 0.349. The molecule has 0 amide bonds. The highest BCUT2D eigenvalue weighted by atomic mass is 16.3. The SMILES string of the molecule is CCCCCC(C)(C)c1cc(C=O)cc(C(C)(C)CCCCC)c1O.